The zero-order chi connectivity index (χ0) is 56.4. The number of nitrogens with two attached hydrogens (primary N) is 11. The van der Waals surface area contributed by atoms with Crippen molar-refractivity contribution in [3.05, 3.63) is 0 Å². The number of aliphatic imine (C=N–C) groups is 5. The second-order valence-corrected chi connectivity index (χ2v) is 17.1. The van der Waals surface area contributed by atoms with Gasteiger partial charge in [-0.05, 0) is 64.2 Å². The number of carboxylic acids is 1. The van der Waals surface area contributed by atoms with Gasteiger partial charge < -0.3 is 115 Å². The molecule has 0 aromatic rings. The number of hydrogen-bond donors (Lipinski definition) is 21. The van der Waals surface area contributed by atoms with Gasteiger partial charge in [0.15, 0.2) is 29.8 Å². The Labute approximate surface area is 424 Å². The predicted octanol–water partition coefficient (Wildman–Crippen LogP) is -10.6. The summed E-state index contributed by atoms with van der Waals surface area (Å²) in [5.41, 5.74) is 59.8. The van der Waals surface area contributed by atoms with Gasteiger partial charge in [0.1, 0.15) is 36.8 Å². The fraction of sp³-hybridized carbons (Fsp3) is 0.649. The molecule has 36 nitrogen and oxygen atoms in total. The summed E-state index contributed by atoms with van der Waals surface area (Å²) in [4.78, 5) is 143. The van der Waals surface area contributed by atoms with Crippen molar-refractivity contribution in [2.75, 3.05) is 52.4 Å². The highest BCUT2D eigenvalue weighted by atomic mass is 31.2. The predicted molar refractivity (Wildman–Crippen MR) is 269 cm³/mol. The third-order valence-electron chi connectivity index (χ3n) is 9.52. The molecule has 0 radical (unpaired) electrons. The maximum Gasteiger partial charge on any atom is 0.469 e. The monoisotopic (exact) mass is 1080 g/mol. The number of carboxylic acid groups (broad SMARTS) is 1. The van der Waals surface area contributed by atoms with E-state index in [2.05, 4.69) is 66.7 Å². The Kier molecular flexibility index (Phi) is 32.3. The number of amides is 7. The standard InChI is InChI=1S/C37H74N23O13P/c38-19(6-1-11-49-33(39)40)27(64)57-22(9-4-14-52-36(45)46)32(69)60-24(18-73-74(70,71)72)29(66)54-16-25(61)56-21(8-3-13-51-35(43)44)30(67)59-23(10-5-15-53-37(47)48)31(68)58-20(7-2-12-50-34(41)42)28(65)55-17-26(62)63/h19-24H,1-18,38H2,(H,54,66)(H,55,65)(H,56,61)(H,57,64)(H,58,68)(H,59,67)(H,60,69)(H,62,63)(H4,39,40,49)(H4,41,42,50)(H4,43,44,51)(H4,45,46,52)(H4,47,48,53)(H2,70,71,72)/t19-,20-,21-,22-,23-,24-/m0/s1. The molecule has 0 aliphatic carbocycles. The summed E-state index contributed by atoms with van der Waals surface area (Å²) in [7, 11) is -5.29. The van der Waals surface area contributed by atoms with Gasteiger partial charge in [0.25, 0.3) is 0 Å². The van der Waals surface area contributed by atoms with Crippen LogP contribution in [-0.4, -0.2) is 181 Å². The molecule has 420 valence electrons. The SMILES string of the molecule is NC(N)=NCCC[C@H](NC(=O)CNC(=O)[C@H](COP(=O)(O)O)NC(=O)[C@H](CCCN=C(N)N)NC(=O)[C@@H](N)CCCN=C(N)N)C(=O)N[C@@H](CCCN=C(N)N)C(=O)N[C@@H](CCCN=C(N)N)C(=O)NCC(=O)O. The van der Waals surface area contributed by atoms with E-state index >= 15 is 0 Å². The van der Waals surface area contributed by atoms with Crippen LogP contribution in [0.5, 0.6) is 0 Å². The lowest BCUT2D eigenvalue weighted by atomic mass is 10.1. The summed E-state index contributed by atoms with van der Waals surface area (Å²) in [6, 6.07) is -8.85. The molecule has 0 bridgehead atoms. The molecular weight excluding hydrogens is 1010 g/mol. The number of phosphoric ester groups is 1. The Morgan fingerprint density at radius 1 is 0.432 bits per heavy atom. The number of phosphoric acid groups is 1. The molecular formula is C37H74N23O13P. The molecule has 0 aromatic heterocycles. The van der Waals surface area contributed by atoms with E-state index in [-0.39, 0.29) is 127 Å². The third-order valence-corrected chi connectivity index (χ3v) is 10.0. The van der Waals surface area contributed by atoms with Crippen LogP contribution in [0.15, 0.2) is 25.0 Å². The normalized spacial score (nSPS) is 13.2. The van der Waals surface area contributed by atoms with Crippen LogP contribution in [0.3, 0.4) is 0 Å². The van der Waals surface area contributed by atoms with Crippen LogP contribution in [-0.2, 0) is 47.4 Å². The van der Waals surface area contributed by atoms with E-state index in [4.69, 9.17) is 68.2 Å². The first-order chi connectivity index (χ1) is 34.6. The quantitative estimate of drug-likeness (QED) is 0.0118. The van der Waals surface area contributed by atoms with Gasteiger partial charge in [0.05, 0.1) is 19.2 Å². The molecule has 6 atom stereocenters. The molecule has 74 heavy (non-hydrogen) atoms. The zero-order valence-electron chi connectivity index (χ0n) is 40.7. The molecule has 0 saturated carbocycles. The van der Waals surface area contributed by atoms with Crippen molar-refractivity contribution in [3.8, 4) is 0 Å². The van der Waals surface area contributed by atoms with Crippen LogP contribution < -0.4 is 100 Å². The lowest BCUT2D eigenvalue weighted by molar-refractivity contribution is -0.138. The molecule has 0 aliphatic rings. The summed E-state index contributed by atoms with van der Waals surface area (Å²) in [6.07, 6.45) is 0.0984. The van der Waals surface area contributed by atoms with Gasteiger partial charge in [-0.25, -0.2) is 4.57 Å². The molecule has 0 heterocycles. The molecule has 0 saturated heterocycles. The third kappa shape index (κ3) is 33.7. The van der Waals surface area contributed by atoms with Gasteiger partial charge >= 0.3 is 13.8 Å². The van der Waals surface area contributed by atoms with Crippen LogP contribution in [0.1, 0.15) is 64.2 Å². The van der Waals surface area contributed by atoms with Gasteiger partial charge in [-0.1, -0.05) is 0 Å². The first-order valence-corrected chi connectivity index (χ1v) is 24.1. The number of nitrogens with one attached hydrogen (secondary N) is 7. The van der Waals surface area contributed by atoms with Crippen LogP contribution in [0.2, 0.25) is 0 Å². The van der Waals surface area contributed by atoms with Crippen LogP contribution in [0, 0.1) is 0 Å². The van der Waals surface area contributed by atoms with Crippen LogP contribution in [0.4, 0.5) is 0 Å². The van der Waals surface area contributed by atoms with Gasteiger partial charge in [-0.15, -0.1) is 0 Å². The first kappa shape index (κ1) is 66.2. The summed E-state index contributed by atoms with van der Waals surface area (Å²) in [6.45, 7) is -2.80. The number of aliphatic carboxylic acids is 1. The Balaban J connectivity index is 6.59. The lowest BCUT2D eigenvalue weighted by Crippen LogP contribution is -2.58. The fourth-order valence-corrected chi connectivity index (χ4v) is 6.36. The Morgan fingerprint density at radius 3 is 1.08 bits per heavy atom. The molecule has 32 N–H and O–H groups in total. The van der Waals surface area contributed by atoms with E-state index in [1.54, 1.807) is 0 Å². The number of rotatable bonds is 38. The van der Waals surface area contributed by atoms with Crippen LogP contribution in [0.25, 0.3) is 0 Å². The number of carbonyl (C=O) groups excluding carboxylic acids is 7. The van der Waals surface area contributed by atoms with Gasteiger partial charge in [0, 0.05) is 32.7 Å². The van der Waals surface area contributed by atoms with Crippen molar-refractivity contribution >= 4 is 84.9 Å². The fourth-order valence-electron chi connectivity index (χ4n) is 6.01. The summed E-state index contributed by atoms with van der Waals surface area (Å²) in [5, 5.41) is 25.5. The van der Waals surface area contributed by atoms with Crippen molar-refractivity contribution in [3.63, 3.8) is 0 Å². The summed E-state index contributed by atoms with van der Waals surface area (Å²) in [5.74, 6) is -9.60. The van der Waals surface area contributed by atoms with E-state index in [0.29, 0.717) is 0 Å². The van der Waals surface area contributed by atoms with Crippen LogP contribution >= 0.6 is 7.82 Å². The average molecular weight is 1080 g/mol. The maximum absolute atomic E-state index is 13.9. The highest BCUT2D eigenvalue weighted by Crippen LogP contribution is 2.35. The zero-order valence-corrected chi connectivity index (χ0v) is 41.5. The molecule has 0 aromatic carbocycles. The van der Waals surface area contributed by atoms with Gasteiger partial charge in [-0.3, -0.25) is 67.8 Å². The Bertz CT molecular complexity index is 2050. The maximum atomic E-state index is 13.9. The van der Waals surface area contributed by atoms with Crippen molar-refractivity contribution in [1.29, 1.82) is 0 Å². The lowest BCUT2D eigenvalue weighted by Gasteiger charge is -2.26. The second kappa shape index (κ2) is 36.1. The Hall–Kier alpha value is -7.82. The van der Waals surface area contributed by atoms with Crippen molar-refractivity contribution in [2.45, 2.75) is 100 Å². The molecule has 7 amide bonds. The summed E-state index contributed by atoms with van der Waals surface area (Å²) >= 11 is 0. The first-order valence-electron chi connectivity index (χ1n) is 22.6. The van der Waals surface area contributed by atoms with Crippen molar-refractivity contribution in [2.24, 2.45) is 88.0 Å². The molecule has 0 fully saturated rings. The molecule has 0 rings (SSSR count). The highest BCUT2D eigenvalue weighted by molar-refractivity contribution is 7.46. The molecule has 0 spiro atoms. The Morgan fingerprint density at radius 2 is 0.730 bits per heavy atom. The van der Waals surface area contributed by atoms with Gasteiger partial charge in [0.2, 0.25) is 41.4 Å². The van der Waals surface area contributed by atoms with Crippen molar-refractivity contribution in [1.82, 2.24) is 37.2 Å². The van der Waals surface area contributed by atoms with E-state index in [0.717, 1.165) is 0 Å². The number of nitrogens with zero attached hydrogens (tertiary/aromatic N) is 5. The minimum atomic E-state index is -5.29. The second-order valence-electron chi connectivity index (χ2n) is 15.8. The molecule has 0 unspecified atom stereocenters. The summed E-state index contributed by atoms with van der Waals surface area (Å²) < 4.78 is 16.2. The minimum Gasteiger partial charge on any atom is -0.480 e. The average Bonchev–Trinajstić information content (AvgIpc) is 3.30. The van der Waals surface area contributed by atoms with E-state index in [1.807, 2.05) is 0 Å². The number of carbonyl (C=O) groups is 8. The number of hydrogen-bond acceptors (Lipinski definition) is 16. The van der Waals surface area contributed by atoms with Crippen molar-refractivity contribution < 1.29 is 62.3 Å². The molecule has 0 aliphatic heterocycles. The smallest absolute Gasteiger partial charge is 0.469 e. The minimum absolute atomic E-state index is 0.00830. The highest BCUT2D eigenvalue weighted by Gasteiger charge is 2.32. The largest absolute Gasteiger partial charge is 0.480 e. The molecule has 37 heteroatoms. The van der Waals surface area contributed by atoms with E-state index < -0.39 is 111 Å². The van der Waals surface area contributed by atoms with Gasteiger partial charge in [-0.2, -0.15) is 0 Å². The van der Waals surface area contributed by atoms with E-state index in [9.17, 15) is 52.7 Å². The van der Waals surface area contributed by atoms with E-state index in [1.165, 1.54) is 0 Å². The number of guanidine groups is 5. The topological polar surface area (TPSA) is 656 Å².